The summed E-state index contributed by atoms with van der Waals surface area (Å²) < 4.78 is 24.1. The first kappa shape index (κ1) is 29.8. The van der Waals surface area contributed by atoms with Gasteiger partial charge in [0.25, 0.3) is 0 Å². The van der Waals surface area contributed by atoms with Crippen LogP contribution in [0.5, 0.6) is 0 Å². The third kappa shape index (κ3) is 5.23. The van der Waals surface area contributed by atoms with E-state index in [1.165, 1.54) is 0 Å². The molecule has 1 aromatic rings. The van der Waals surface area contributed by atoms with E-state index in [1.54, 1.807) is 13.4 Å². The van der Waals surface area contributed by atoms with Gasteiger partial charge in [-0.2, -0.15) is 0 Å². The number of hydrogen-bond donors (Lipinski definition) is 0. The van der Waals surface area contributed by atoms with E-state index in [0.717, 1.165) is 29.6 Å². The summed E-state index contributed by atoms with van der Waals surface area (Å²) in [5.74, 6) is -0.0830. The van der Waals surface area contributed by atoms with Crippen LogP contribution in [0.25, 0.3) is 0 Å². The van der Waals surface area contributed by atoms with Crippen molar-refractivity contribution in [3.8, 4) is 0 Å². The quantitative estimate of drug-likeness (QED) is 0.262. The van der Waals surface area contributed by atoms with Crippen LogP contribution in [0.3, 0.4) is 0 Å². The lowest BCUT2D eigenvalue weighted by atomic mass is 9.43. The van der Waals surface area contributed by atoms with Crippen molar-refractivity contribution in [3.63, 3.8) is 0 Å². The third-order valence-corrected chi connectivity index (χ3v) is 10.00. The van der Waals surface area contributed by atoms with Crippen LogP contribution in [0.15, 0.2) is 66.0 Å². The second-order valence-electron chi connectivity index (χ2n) is 13.8. The fraction of sp³-hybridized carbons (Fsp3) is 0.600. The Hall–Kier alpha value is -2.70. The van der Waals surface area contributed by atoms with Gasteiger partial charge in [-0.25, -0.2) is 0 Å². The van der Waals surface area contributed by atoms with Crippen molar-refractivity contribution in [2.24, 2.45) is 34.0 Å². The molecule has 6 heteroatoms. The van der Waals surface area contributed by atoms with Gasteiger partial charge in [0.15, 0.2) is 5.78 Å². The fourth-order valence-corrected chi connectivity index (χ4v) is 8.30. The van der Waals surface area contributed by atoms with E-state index < -0.39 is 16.4 Å². The first-order chi connectivity index (χ1) is 19.5. The van der Waals surface area contributed by atoms with E-state index >= 15 is 0 Å². The highest BCUT2D eigenvalue weighted by atomic mass is 16.6. The highest BCUT2D eigenvalue weighted by molar-refractivity contribution is 6.01. The summed E-state index contributed by atoms with van der Waals surface area (Å²) in [6.07, 6.45) is 11.3. The molecule has 0 aromatic heterocycles. The van der Waals surface area contributed by atoms with Gasteiger partial charge in [0.1, 0.15) is 5.60 Å². The minimum Gasteiger partial charge on any atom is -0.501 e. The molecule has 6 nitrogen and oxygen atoms in total. The highest BCUT2D eigenvalue weighted by Gasteiger charge is 2.66. The molecule has 1 aromatic carbocycles. The van der Waals surface area contributed by atoms with E-state index in [4.69, 9.17) is 18.9 Å². The molecule has 1 aliphatic heterocycles. The van der Waals surface area contributed by atoms with Crippen molar-refractivity contribution in [1.29, 1.82) is 0 Å². The number of ether oxygens (including phenoxy) is 4. The Balaban J connectivity index is 1.58. The minimum absolute atomic E-state index is 0.00909. The summed E-state index contributed by atoms with van der Waals surface area (Å²) in [6, 6.07) is 10.1. The number of ketones is 1. The first-order valence-corrected chi connectivity index (χ1v) is 15.0. The van der Waals surface area contributed by atoms with Crippen molar-refractivity contribution in [2.45, 2.75) is 72.5 Å². The first-order valence-electron chi connectivity index (χ1n) is 15.0. The minimum atomic E-state index is -0.868. The Kier molecular flexibility index (Phi) is 8.12. The zero-order valence-corrected chi connectivity index (χ0v) is 25.5. The van der Waals surface area contributed by atoms with E-state index in [2.05, 4.69) is 32.1 Å². The molecule has 1 fully saturated rings. The number of carbonyl (C=O) groups excluding carboxylic acids is 2. The number of carbonyl (C=O) groups is 2. The van der Waals surface area contributed by atoms with E-state index in [-0.39, 0.29) is 41.5 Å². The van der Waals surface area contributed by atoms with E-state index in [1.807, 2.05) is 51.1 Å². The maximum Gasteiger partial charge on any atom is 0.315 e. The fourth-order valence-electron chi connectivity index (χ4n) is 8.30. The topological polar surface area (TPSA) is 71.1 Å². The average molecular weight is 563 g/mol. The summed E-state index contributed by atoms with van der Waals surface area (Å²) in [6.45, 7) is 11.8. The summed E-state index contributed by atoms with van der Waals surface area (Å²) >= 11 is 0. The van der Waals surface area contributed by atoms with Crippen molar-refractivity contribution in [1.82, 2.24) is 0 Å². The van der Waals surface area contributed by atoms with E-state index in [9.17, 15) is 9.59 Å². The van der Waals surface area contributed by atoms with Gasteiger partial charge >= 0.3 is 5.97 Å². The summed E-state index contributed by atoms with van der Waals surface area (Å²) in [7, 11) is 1.69. The number of hydrogen-bond acceptors (Lipinski definition) is 6. The zero-order chi connectivity index (χ0) is 29.5. The predicted molar refractivity (Wildman–Crippen MR) is 158 cm³/mol. The van der Waals surface area contributed by atoms with Crippen molar-refractivity contribution >= 4 is 11.8 Å². The molecule has 6 atom stereocenters. The van der Waals surface area contributed by atoms with Gasteiger partial charge in [-0.1, -0.05) is 61.4 Å². The molecule has 0 N–H and O–H groups in total. The largest absolute Gasteiger partial charge is 0.501 e. The average Bonchev–Trinajstić information content (AvgIpc) is 3.21. The molecule has 5 rings (SSSR count). The lowest BCUT2D eigenvalue weighted by Gasteiger charge is -2.61. The van der Waals surface area contributed by atoms with Gasteiger partial charge in [-0.15, -0.1) is 0 Å². The van der Waals surface area contributed by atoms with E-state index in [0.29, 0.717) is 32.7 Å². The van der Waals surface area contributed by atoms with Crippen LogP contribution >= 0.6 is 0 Å². The normalized spacial score (nSPS) is 34.7. The molecule has 0 saturated heterocycles. The van der Waals surface area contributed by atoms with Crippen LogP contribution in [0.2, 0.25) is 0 Å². The Labute approximate surface area is 245 Å². The number of benzene rings is 1. The summed E-state index contributed by atoms with van der Waals surface area (Å²) in [4.78, 5) is 27.8. The van der Waals surface area contributed by atoms with Crippen molar-refractivity contribution in [3.05, 3.63) is 71.5 Å². The van der Waals surface area contributed by atoms with Gasteiger partial charge in [-0.05, 0) is 52.2 Å². The number of allylic oxidation sites excluding steroid dienone is 4. The van der Waals surface area contributed by atoms with Crippen LogP contribution in [0.1, 0.15) is 65.9 Å². The van der Waals surface area contributed by atoms with Gasteiger partial charge < -0.3 is 18.9 Å². The molecule has 4 aliphatic rings. The molecule has 1 heterocycles. The van der Waals surface area contributed by atoms with Crippen molar-refractivity contribution in [2.75, 3.05) is 26.9 Å². The maximum atomic E-state index is 14.3. The van der Waals surface area contributed by atoms with Crippen LogP contribution in [-0.2, 0) is 35.1 Å². The molecular formula is C35H46O6. The van der Waals surface area contributed by atoms with Gasteiger partial charge in [0.05, 0.1) is 38.1 Å². The lowest BCUT2D eigenvalue weighted by molar-refractivity contribution is -0.194. The molecule has 0 amide bonds. The number of Topliss-reactive ketones (excluding diaryl/α,β-unsaturated/α-hetero) is 1. The van der Waals surface area contributed by atoms with Crippen molar-refractivity contribution < 1.29 is 28.5 Å². The molecule has 222 valence electrons. The smallest absolute Gasteiger partial charge is 0.315 e. The standard InChI is InChI=1S/C35H46O6/c1-24-26(21-38-6)19-27(36)30(24)33(5)17-13-29-34(22-39-18-14-28(33)34)15-10-16-35(29,31(37)41-32(2,3)4)23-40-20-25-11-8-7-9-12-25/h7-9,11-14,17-18,26,28-29H,10,15-16,19-23H2,1-6H3/t26?,28-,29+,33+,34-,35+/m0/s1. The Morgan fingerprint density at radius 3 is 2.56 bits per heavy atom. The molecule has 1 unspecified atom stereocenters. The molecule has 41 heavy (non-hydrogen) atoms. The monoisotopic (exact) mass is 562 g/mol. The Morgan fingerprint density at radius 1 is 1.10 bits per heavy atom. The summed E-state index contributed by atoms with van der Waals surface area (Å²) in [5.41, 5.74) is 0.708. The Bertz CT molecular complexity index is 1240. The molecule has 1 saturated carbocycles. The molecule has 3 aliphatic carbocycles. The number of rotatable bonds is 8. The number of methoxy groups -OCH3 is 1. The van der Waals surface area contributed by atoms with Crippen LogP contribution < -0.4 is 0 Å². The molecular weight excluding hydrogens is 516 g/mol. The summed E-state index contributed by atoms with van der Waals surface area (Å²) in [5, 5.41) is 0. The molecule has 1 spiro atoms. The van der Waals surface area contributed by atoms with Crippen LogP contribution in [0.4, 0.5) is 0 Å². The second-order valence-corrected chi connectivity index (χ2v) is 13.8. The SMILES string of the molecule is COCC1CC(=O)C([C@]2(C)C=C[C@H]3[C@@](COCc4ccccc4)(C(=O)OC(C)(C)C)CCC[C@@]34COC=C[C@H]42)=C1C. The second kappa shape index (κ2) is 11.2. The van der Waals surface area contributed by atoms with Gasteiger partial charge in [-0.3, -0.25) is 9.59 Å². The van der Waals surface area contributed by atoms with Crippen LogP contribution in [-0.4, -0.2) is 44.3 Å². The third-order valence-electron chi connectivity index (χ3n) is 10.00. The molecule has 0 bridgehead atoms. The maximum absolute atomic E-state index is 14.3. The Morgan fingerprint density at radius 2 is 1.85 bits per heavy atom. The predicted octanol–water partition coefficient (Wildman–Crippen LogP) is 6.61. The zero-order valence-electron chi connectivity index (χ0n) is 25.5. The highest BCUT2D eigenvalue weighted by Crippen LogP contribution is 2.66. The van der Waals surface area contributed by atoms with Gasteiger partial charge in [0, 0.05) is 47.7 Å². The molecule has 0 radical (unpaired) electrons. The van der Waals surface area contributed by atoms with Crippen LogP contribution in [0, 0.1) is 34.0 Å². The number of esters is 1. The lowest BCUT2D eigenvalue weighted by Crippen LogP contribution is -2.62. The van der Waals surface area contributed by atoms with Gasteiger partial charge in [0.2, 0.25) is 0 Å².